The Hall–Kier alpha value is -2.47. The van der Waals surface area contributed by atoms with Crippen LogP contribution in [0.25, 0.3) is 0 Å². The third kappa shape index (κ3) is 3.40. The Morgan fingerprint density at radius 1 is 1.23 bits per heavy atom. The molecule has 0 aliphatic heterocycles. The Morgan fingerprint density at radius 2 is 2.05 bits per heavy atom. The number of imidazole rings is 1. The highest BCUT2D eigenvalue weighted by molar-refractivity contribution is 5.29. The zero-order chi connectivity index (χ0) is 15.4. The normalized spacial score (nSPS) is 12.5. The quantitative estimate of drug-likeness (QED) is 0.758. The Kier molecular flexibility index (Phi) is 4.29. The fraction of sp³-hybridized carbons (Fsp3) is 0.250. The highest BCUT2D eigenvalue weighted by atomic mass is 19.1. The minimum atomic E-state index is -0.230. The molecule has 0 radical (unpaired) electrons. The van der Waals surface area contributed by atoms with E-state index in [1.807, 2.05) is 30.2 Å². The molecule has 1 aromatic carbocycles. The minimum absolute atomic E-state index is 0.0159. The maximum Gasteiger partial charge on any atom is 0.123 e. The molecular weight excluding hydrogens is 281 g/mol. The molecule has 1 atom stereocenters. The number of aryl methyl sites for hydroxylation is 1. The first kappa shape index (κ1) is 14.5. The van der Waals surface area contributed by atoms with Gasteiger partial charge in [0.15, 0.2) is 0 Å². The van der Waals surface area contributed by atoms with Gasteiger partial charge in [0.05, 0.1) is 18.6 Å². The standard InChI is InChI=1S/C16H18FN5/c1-21-11-14(10-20-21)16(13-2-4-15(17)5-3-13)19-7-9-22-8-6-18-12-22/h2-6,8,10-12,16,19H,7,9H2,1H3/t16-/m1/s1. The molecule has 3 rings (SSSR count). The minimum Gasteiger partial charge on any atom is -0.336 e. The Morgan fingerprint density at radius 3 is 2.68 bits per heavy atom. The summed E-state index contributed by atoms with van der Waals surface area (Å²) in [5.41, 5.74) is 2.07. The molecule has 1 N–H and O–H groups in total. The summed E-state index contributed by atoms with van der Waals surface area (Å²) >= 11 is 0. The van der Waals surface area contributed by atoms with Crippen LogP contribution >= 0.6 is 0 Å². The van der Waals surface area contributed by atoms with Gasteiger partial charge in [-0.25, -0.2) is 9.37 Å². The number of hydrogen-bond acceptors (Lipinski definition) is 3. The van der Waals surface area contributed by atoms with Gasteiger partial charge in [-0.15, -0.1) is 0 Å². The molecule has 0 saturated carbocycles. The number of benzene rings is 1. The van der Waals surface area contributed by atoms with Crippen molar-refractivity contribution < 1.29 is 4.39 Å². The van der Waals surface area contributed by atoms with Crippen LogP contribution in [-0.4, -0.2) is 25.9 Å². The molecule has 3 aromatic rings. The Labute approximate surface area is 128 Å². The van der Waals surface area contributed by atoms with Crippen molar-refractivity contribution in [2.24, 2.45) is 7.05 Å². The van der Waals surface area contributed by atoms with E-state index in [9.17, 15) is 4.39 Å². The van der Waals surface area contributed by atoms with E-state index in [0.29, 0.717) is 0 Å². The first-order valence-electron chi connectivity index (χ1n) is 7.15. The van der Waals surface area contributed by atoms with Crippen LogP contribution in [0.3, 0.4) is 0 Å². The van der Waals surface area contributed by atoms with Crippen LogP contribution in [0.5, 0.6) is 0 Å². The summed E-state index contributed by atoms with van der Waals surface area (Å²) < 4.78 is 16.9. The summed E-state index contributed by atoms with van der Waals surface area (Å²) in [6.45, 7) is 1.59. The van der Waals surface area contributed by atoms with E-state index in [1.54, 1.807) is 29.3 Å². The van der Waals surface area contributed by atoms with Gasteiger partial charge in [0, 0.05) is 44.3 Å². The molecule has 2 heterocycles. The lowest BCUT2D eigenvalue weighted by atomic mass is 10.0. The van der Waals surface area contributed by atoms with Crippen molar-refractivity contribution in [1.29, 1.82) is 0 Å². The van der Waals surface area contributed by atoms with E-state index in [2.05, 4.69) is 15.4 Å². The van der Waals surface area contributed by atoms with Crippen LogP contribution in [0.15, 0.2) is 55.4 Å². The maximum absolute atomic E-state index is 13.1. The summed E-state index contributed by atoms with van der Waals surface area (Å²) in [5.74, 6) is -0.230. The fourth-order valence-corrected chi connectivity index (χ4v) is 2.43. The smallest absolute Gasteiger partial charge is 0.123 e. The molecule has 22 heavy (non-hydrogen) atoms. The van der Waals surface area contributed by atoms with Gasteiger partial charge < -0.3 is 9.88 Å². The topological polar surface area (TPSA) is 47.7 Å². The summed E-state index contributed by atoms with van der Waals surface area (Å²) in [4.78, 5) is 4.03. The maximum atomic E-state index is 13.1. The second-order valence-corrected chi connectivity index (χ2v) is 5.19. The predicted octanol–water partition coefficient (Wildman–Crippen LogP) is 2.13. The second-order valence-electron chi connectivity index (χ2n) is 5.19. The SMILES string of the molecule is Cn1cc([C@H](NCCn2ccnc2)c2ccc(F)cc2)cn1. The van der Waals surface area contributed by atoms with Crippen molar-refractivity contribution in [3.05, 3.63) is 72.3 Å². The van der Waals surface area contributed by atoms with Gasteiger partial charge in [0.1, 0.15) is 5.82 Å². The Balaban J connectivity index is 1.75. The van der Waals surface area contributed by atoms with Crippen LogP contribution in [0.1, 0.15) is 17.2 Å². The largest absolute Gasteiger partial charge is 0.336 e. The highest BCUT2D eigenvalue weighted by Gasteiger charge is 2.15. The average Bonchev–Trinajstić information content (AvgIpc) is 3.17. The molecule has 2 aromatic heterocycles. The molecule has 0 spiro atoms. The zero-order valence-electron chi connectivity index (χ0n) is 12.4. The zero-order valence-corrected chi connectivity index (χ0v) is 12.4. The van der Waals surface area contributed by atoms with E-state index >= 15 is 0 Å². The van der Waals surface area contributed by atoms with Crippen molar-refractivity contribution in [2.75, 3.05) is 6.54 Å². The van der Waals surface area contributed by atoms with E-state index in [4.69, 9.17) is 0 Å². The molecule has 0 bridgehead atoms. The van der Waals surface area contributed by atoms with Crippen molar-refractivity contribution in [3.63, 3.8) is 0 Å². The second kappa shape index (κ2) is 6.53. The van der Waals surface area contributed by atoms with Crippen LogP contribution in [0, 0.1) is 5.82 Å². The number of hydrogen-bond donors (Lipinski definition) is 1. The van der Waals surface area contributed by atoms with Gasteiger partial charge in [-0.3, -0.25) is 4.68 Å². The van der Waals surface area contributed by atoms with Gasteiger partial charge in [-0.05, 0) is 17.7 Å². The first-order chi connectivity index (χ1) is 10.7. The van der Waals surface area contributed by atoms with Crippen molar-refractivity contribution in [2.45, 2.75) is 12.6 Å². The average molecular weight is 299 g/mol. The molecule has 0 fully saturated rings. The summed E-state index contributed by atoms with van der Waals surface area (Å²) in [5, 5.41) is 7.72. The third-order valence-electron chi connectivity index (χ3n) is 3.54. The van der Waals surface area contributed by atoms with Crippen LogP contribution in [-0.2, 0) is 13.6 Å². The van der Waals surface area contributed by atoms with Crippen molar-refractivity contribution in [1.82, 2.24) is 24.6 Å². The van der Waals surface area contributed by atoms with Crippen molar-refractivity contribution >= 4 is 0 Å². The third-order valence-corrected chi connectivity index (χ3v) is 3.54. The number of rotatable bonds is 6. The van der Waals surface area contributed by atoms with Crippen LogP contribution < -0.4 is 5.32 Å². The molecule has 0 aliphatic rings. The van der Waals surface area contributed by atoms with E-state index in [-0.39, 0.29) is 11.9 Å². The number of nitrogens with zero attached hydrogens (tertiary/aromatic N) is 4. The lowest BCUT2D eigenvalue weighted by molar-refractivity contribution is 0.549. The fourth-order valence-electron chi connectivity index (χ4n) is 2.43. The van der Waals surface area contributed by atoms with Gasteiger partial charge in [0.25, 0.3) is 0 Å². The molecule has 5 nitrogen and oxygen atoms in total. The van der Waals surface area contributed by atoms with Crippen molar-refractivity contribution in [3.8, 4) is 0 Å². The Bertz CT molecular complexity index is 702. The van der Waals surface area contributed by atoms with Gasteiger partial charge in [-0.2, -0.15) is 5.10 Å². The molecular formula is C16H18FN5. The number of halogens is 1. The summed E-state index contributed by atoms with van der Waals surface area (Å²) in [6, 6.07) is 6.55. The highest BCUT2D eigenvalue weighted by Crippen LogP contribution is 2.21. The van der Waals surface area contributed by atoms with Crippen LogP contribution in [0.2, 0.25) is 0 Å². The van der Waals surface area contributed by atoms with Gasteiger partial charge in [0.2, 0.25) is 0 Å². The molecule has 6 heteroatoms. The molecule has 114 valence electrons. The lowest BCUT2D eigenvalue weighted by Crippen LogP contribution is -2.25. The van der Waals surface area contributed by atoms with E-state index < -0.39 is 0 Å². The number of aromatic nitrogens is 4. The van der Waals surface area contributed by atoms with E-state index in [1.165, 1.54) is 12.1 Å². The summed E-state index contributed by atoms with van der Waals surface area (Å²) in [7, 11) is 1.89. The van der Waals surface area contributed by atoms with Gasteiger partial charge in [-0.1, -0.05) is 12.1 Å². The van der Waals surface area contributed by atoms with Crippen LogP contribution in [0.4, 0.5) is 4.39 Å². The first-order valence-corrected chi connectivity index (χ1v) is 7.15. The summed E-state index contributed by atoms with van der Waals surface area (Å²) in [6.07, 6.45) is 9.28. The lowest BCUT2D eigenvalue weighted by Gasteiger charge is -2.18. The predicted molar refractivity (Wildman–Crippen MR) is 81.7 cm³/mol. The van der Waals surface area contributed by atoms with Gasteiger partial charge >= 0.3 is 0 Å². The number of nitrogens with one attached hydrogen (secondary N) is 1. The molecule has 0 saturated heterocycles. The van der Waals surface area contributed by atoms with E-state index in [0.717, 1.165) is 24.2 Å². The molecule has 0 aliphatic carbocycles. The monoisotopic (exact) mass is 299 g/mol. The molecule has 0 unspecified atom stereocenters. The molecule has 0 amide bonds.